The molecule has 1 aliphatic carbocycles. The minimum Gasteiger partial charge on any atom is -0.480 e. The van der Waals surface area contributed by atoms with Gasteiger partial charge in [-0.15, -0.1) is 0 Å². The van der Waals surface area contributed by atoms with Crippen LogP contribution in [0.4, 0.5) is 0 Å². The minimum atomic E-state index is -0.840. The summed E-state index contributed by atoms with van der Waals surface area (Å²) in [4.78, 5) is 15.4. The Morgan fingerprint density at radius 1 is 1.48 bits per heavy atom. The van der Waals surface area contributed by atoms with Crippen molar-refractivity contribution in [3.05, 3.63) is 35.1 Å². The maximum Gasteiger partial charge on any atom is 0.320 e. The highest BCUT2D eigenvalue weighted by atomic mass is 35.5. The first-order valence-electron chi connectivity index (χ1n) is 6.69. The molecule has 21 heavy (non-hydrogen) atoms. The second-order valence-electron chi connectivity index (χ2n) is 5.03. The molecular weight excluding hydrogens is 294 g/mol. The summed E-state index contributed by atoms with van der Waals surface area (Å²) < 4.78 is 5.17. The van der Waals surface area contributed by atoms with E-state index in [0.717, 1.165) is 12.8 Å². The molecule has 0 amide bonds. The molecule has 0 saturated heterocycles. The van der Waals surface area contributed by atoms with Gasteiger partial charge in [-0.05, 0) is 30.9 Å². The predicted octanol–water partition coefficient (Wildman–Crippen LogP) is 2.34. The molecule has 1 fully saturated rings. The largest absolute Gasteiger partial charge is 0.480 e. The van der Waals surface area contributed by atoms with Crippen LogP contribution in [0.5, 0.6) is 0 Å². The van der Waals surface area contributed by atoms with Crippen molar-refractivity contribution in [3.63, 3.8) is 0 Å². The first-order valence-corrected chi connectivity index (χ1v) is 7.06. The standard InChI is InChI=1S/C14H14ClN3O3/c15-10-4-2-1-3-9(10)13-17-11(18-21-13)7-16-12(14(19)20)8-5-6-8/h1-4,8,12,16H,5-7H2,(H,19,20). The Morgan fingerprint density at radius 2 is 2.24 bits per heavy atom. The van der Waals surface area contributed by atoms with E-state index in [-0.39, 0.29) is 12.5 Å². The molecule has 0 bridgehead atoms. The van der Waals surface area contributed by atoms with E-state index in [9.17, 15) is 4.79 Å². The fourth-order valence-corrected chi connectivity index (χ4v) is 2.37. The highest BCUT2D eigenvalue weighted by Gasteiger charge is 2.36. The number of nitrogens with zero attached hydrogens (tertiary/aromatic N) is 2. The van der Waals surface area contributed by atoms with Gasteiger partial charge in [-0.1, -0.05) is 28.9 Å². The van der Waals surface area contributed by atoms with Crippen molar-refractivity contribution >= 4 is 17.6 Å². The second kappa shape index (κ2) is 5.83. The van der Waals surface area contributed by atoms with E-state index < -0.39 is 12.0 Å². The van der Waals surface area contributed by atoms with Crippen LogP contribution in [0.1, 0.15) is 18.7 Å². The molecule has 1 aromatic carbocycles. The molecule has 1 aliphatic rings. The third-order valence-electron chi connectivity index (χ3n) is 3.41. The Morgan fingerprint density at radius 3 is 2.90 bits per heavy atom. The zero-order chi connectivity index (χ0) is 14.8. The van der Waals surface area contributed by atoms with Crippen LogP contribution in [0.15, 0.2) is 28.8 Å². The number of hydrogen-bond donors (Lipinski definition) is 2. The molecule has 0 radical (unpaired) electrons. The molecule has 0 aliphatic heterocycles. The van der Waals surface area contributed by atoms with Crippen LogP contribution >= 0.6 is 11.6 Å². The number of hydrogen-bond acceptors (Lipinski definition) is 5. The maximum atomic E-state index is 11.1. The van der Waals surface area contributed by atoms with E-state index in [1.807, 2.05) is 12.1 Å². The van der Waals surface area contributed by atoms with Crippen molar-refractivity contribution in [2.45, 2.75) is 25.4 Å². The van der Waals surface area contributed by atoms with Gasteiger partial charge in [0.05, 0.1) is 17.1 Å². The fourth-order valence-electron chi connectivity index (χ4n) is 2.16. The Bertz CT molecular complexity index is 654. The molecular formula is C14H14ClN3O3. The lowest BCUT2D eigenvalue weighted by molar-refractivity contribution is -0.140. The zero-order valence-corrected chi connectivity index (χ0v) is 11.9. The van der Waals surface area contributed by atoms with Crippen molar-refractivity contribution < 1.29 is 14.4 Å². The van der Waals surface area contributed by atoms with Gasteiger partial charge in [0.1, 0.15) is 6.04 Å². The van der Waals surface area contributed by atoms with Gasteiger partial charge in [0.25, 0.3) is 5.89 Å². The lowest BCUT2D eigenvalue weighted by Gasteiger charge is -2.11. The number of aliphatic carboxylic acids is 1. The first-order chi connectivity index (χ1) is 10.1. The van der Waals surface area contributed by atoms with E-state index in [2.05, 4.69) is 15.5 Å². The van der Waals surface area contributed by atoms with Gasteiger partial charge in [0, 0.05) is 0 Å². The summed E-state index contributed by atoms with van der Waals surface area (Å²) in [6.07, 6.45) is 1.89. The van der Waals surface area contributed by atoms with Crippen molar-refractivity contribution in [1.29, 1.82) is 0 Å². The average molecular weight is 308 g/mol. The lowest BCUT2D eigenvalue weighted by Crippen LogP contribution is -2.38. The molecule has 2 N–H and O–H groups in total. The topological polar surface area (TPSA) is 88.2 Å². The number of rotatable bonds is 6. The first kappa shape index (κ1) is 14.0. The van der Waals surface area contributed by atoms with Gasteiger partial charge >= 0.3 is 5.97 Å². The number of carboxylic acids is 1. The zero-order valence-electron chi connectivity index (χ0n) is 11.1. The van der Waals surface area contributed by atoms with E-state index in [1.54, 1.807) is 12.1 Å². The molecule has 110 valence electrons. The summed E-state index contributed by atoms with van der Waals surface area (Å²) in [6, 6.07) is 6.63. The summed E-state index contributed by atoms with van der Waals surface area (Å²) in [5.74, 6) is 0.109. The Hall–Kier alpha value is -1.92. The van der Waals surface area contributed by atoms with Crippen LogP contribution in [0.3, 0.4) is 0 Å². The Balaban J connectivity index is 1.68. The van der Waals surface area contributed by atoms with Crippen LogP contribution in [-0.2, 0) is 11.3 Å². The summed E-state index contributed by atoms with van der Waals surface area (Å²) in [6.45, 7) is 0.251. The van der Waals surface area contributed by atoms with Crippen LogP contribution in [0, 0.1) is 5.92 Å². The SMILES string of the molecule is O=C(O)C(NCc1noc(-c2ccccc2Cl)n1)C1CC1. The van der Waals surface area contributed by atoms with Crippen LogP contribution in [0.25, 0.3) is 11.5 Å². The minimum absolute atomic E-state index is 0.206. The number of halogens is 1. The van der Waals surface area contributed by atoms with Crippen molar-refractivity contribution in [2.75, 3.05) is 0 Å². The lowest BCUT2D eigenvalue weighted by atomic mass is 10.2. The van der Waals surface area contributed by atoms with Crippen molar-refractivity contribution in [2.24, 2.45) is 5.92 Å². The number of aromatic nitrogens is 2. The highest BCUT2D eigenvalue weighted by molar-refractivity contribution is 6.33. The van der Waals surface area contributed by atoms with Gasteiger partial charge in [-0.25, -0.2) is 0 Å². The number of benzene rings is 1. The molecule has 6 nitrogen and oxygen atoms in total. The third-order valence-corrected chi connectivity index (χ3v) is 3.74. The molecule has 3 rings (SSSR count). The third kappa shape index (κ3) is 3.22. The van der Waals surface area contributed by atoms with Gasteiger partial charge in [0.15, 0.2) is 5.82 Å². The second-order valence-corrected chi connectivity index (χ2v) is 5.44. The summed E-state index contributed by atoms with van der Waals surface area (Å²) in [7, 11) is 0. The van der Waals surface area contributed by atoms with E-state index in [1.165, 1.54) is 0 Å². The van der Waals surface area contributed by atoms with Gasteiger partial charge in [-0.2, -0.15) is 4.98 Å². The van der Waals surface area contributed by atoms with Gasteiger partial charge in [0.2, 0.25) is 0 Å². The predicted molar refractivity (Wildman–Crippen MR) is 75.7 cm³/mol. The van der Waals surface area contributed by atoms with Crippen LogP contribution < -0.4 is 5.32 Å². The van der Waals surface area contributed by atoms with E-state index in [0.29, 0.717) is 22.3 Å². The summed E-state index contributed by atoms with van der Waals surface area (Å²) >= 11 is 6.07. The Labute approximate surface area is 126 Å². The smallest absolute Gasteiger partial charge is 0.320 e. The Kier molecular flexibility index (Phi) is 3.90. The van der Waals surface area contributed by atoms with Crippen LogP contribution in [-0.4, -0.2) is 27.3 Å². The highest BCUT2D eigenvalue weighted by Crippen LogP contribution is 2.33. The van der Waals surface area contributed by atoms with Crippen molar-refractivity contribution in [3.8, 4) is 11.5 Å². The quantitative estimate of drug-likeness (QED) is 0.851. The molecule has 1 aromatic heterocycles. The molecule has 0 spiro atoms. The summed E-state index contributed by atoms with van der Waals surface area (Å²) in [5, 5.41) is 16.5. The maximum absolute atomic E-state index is 11.1. The average Bonchev–Trinajstić information content (AvgIpc) is 3.18. The van der Waals surface area contributed by atoms with Crippen molar-refractivity contribution in [1.82, 2.24) is 15.5 Å². The number of carbonyl (C=O) groups is 1. The van der Waals surface area contributed by atoms with Crippen LogP contribution in [0.2, 0.25) is 5.02 Å². The molecule has 1 unspecified atom stereocenters. The monoisotopic (exact) mass is 307 g/mol. The summed E-state index contributed by atoms with van der Waals surface area (Å²) in [5.41, 5.74) is 0.662. The molecule has 1 saturated carbocycles. The molecule has 7 heteroatoms. The van der Waals surface area contributed by atoms with E-state index in [4.69, 9.17) is 21.2 Å². The fraction of sp³-hybridized carbons (Fsp3) is 0.357. The van der Waals surface area contributed by atoms with Gasteiger partial charge in [-0.3, -0.25) is 10.1 Å². The molecule has 2 aromatic rings. The van der Waals surface area contributed by atoms with Gasteiger partial charge < -0.3 is 9.63 Å². The number of nitrogens with one attached hydrogen (secondary N) is 1. The molecule has 1 atom stereocenters. The number of carboxylic acid groups (broad SMARTS) is 1. The molecule has 1 heterocycles. The normalized spacial score (nSPS) is 15.9. The van der Waals surface area contributed by atoms with E-state index >= 15 is 0 Å².